The first kappa shape index (κ1) is 11.8. The monoisotopic (exact) mass is 256 g/mol. The Morgan fingerprint density at radius 3 is 2.11 bits per heavy atom. The Bertz CT molecular complexity index is 462. The molecule has 0 atom stereocenters. The normalized spacial score (nSPS) is 43.5. The zero-order valence-corrected chi connectivity index (χ0v) is 12.1. The van der Waals surface area contributed by atoms with Gasteiger partial charge in [-0.25, -0.2) is 0 Å². The standard InChI is InChI=1S/C18H24O/c1-18(16-5-3-4-6-17(16)19-2)14-8-12-7-13(10-14)11-15(18)9-12/h3-6,12-15H,7-11H2,1-2H3. The second-order valence-corrected chi connectivity index (χ2v) is 7.29. The van der Waals surface area contributed by atoms with E-state index in [9.17, 15) is 0 Å². The molecule has 4 bridgehead atoms. The molecule has 0 N–H and O–H groups in total. The van der Waals surface area contributed by atoms with Gasteiger partial charge in [0.15, 0.2) is 0 Å². The molecule has 1 nitrogen and oxygen atoms in total. The summed E-state index contributed by atoms with van der Waals surface area (Å²) in [5.74, 6) is 4.95. The Morgan fingerprint density at radius 1 is 0.947 bits per heavy atom. The lowest BCUT2D eigenvalue weighted by Crippen LogP contribution is -2.54. The molecule has 102 valence electrons. The molecule has 5 rings (SSSR count). The third-order valence-electron chi connectivity index (χ3n) is 6.52. The lowest BCUT2D eigenvalue weighted by atomic mass is 9.44. The van der Waals surface area contributed by atoms with E-state index in [0.717, 1.165) is 29.4 Å². The molecule has 0 saturated heterocycles. The third kappa shape index (κ3) is 1.53. The van der Waals surface area contributed by atoms with Crippen molar-refractivity contribution >= 4 is 0 Å². The summed E-state index contributed by atoms with van der Waals surface area (Å²) in [6.45, 7) is 2.53. The molecule has 1 aromatic rings. The van der Waals surface area contributed by atoms with E-state index in [2.05, 4.69) is 31.2 Å². The number of rotatable bonds is 2. The fraction of sp³-hybridized carbons (Fsp3) is 0.667. The molecule has 1 aromatic carbocycles. The molecule has 0 aliphatic heterocycles. The highest BCUT2D eigenvalue weighted by Gasteiger charge is 2.55. The minimum absolute atomic E-state index is 0.361. The quantitative estimate of drug-likeness (QED) is 0.761. The van der Waals surface area contributed by atoms with Crippen LogP contribution in [-0.4, -0.2) is 7.11 Å². The summed E-state index contributed by atoms with van der Waals surface area (Å²) in [5, 5.41) is 0. The molecule has 4 fully saturated rings. The average Bonchev–Trinajstić information content (AvgIpc) is 2.43. The van der Waals surface area contributed by atoms with Crippen LogP contribution in [0.2, 0.25) is 0 Å². The van der Waals surface area contributed by atoms with Gasteiger partial charge in [0.25, 0.3) is 0 Å². The Kier molecular flexibility index (Phi) is 2.49. The SMILES string of the molecule is COc1ccccc1C1(C)C2CC3CC(C2)CC1C3. The summed E-state index contributed by atoms with van der Waals surface area (Å²) in [6.07, 6.45) is 7.36. The fourth-order valence-corrected chi connectivity index (χ4v) is 5.69. The predicted molar refractivity (Wildman–Crippen MR) is 77.4 cm³/mol. The summed E-state index contributed by atoms with van der Waals surface area (Å²) in [4.78, 5) is 0. The predicted octanol–water partition coefficient (Wildman–Crippen LogP) is 4.41. The van der Waals surface area contributed by atoms with Crippen LogP contribution in [-0.2, 0) is 5.41 Å². The van der Waals surface area contributed by atoms with E-state index in [1.54, 1.807) is 0 Å². The second kappa shape index (κ2) is 4.01. The molecule has 4 aliphatic carbocycles. The molecule has 0 spiro atoms. The molecule has 0 aromatic heterocycles. The highest BCUT2D eigenvalue weighted by Crippen LogP contribution is 2.63. The first-order valence-electron chi connectivity index (χ1n) is 7.85. The molecule has 4 saturated carbocycles. The topological polar surface area (TPSA) is 9.23 Å². The highest BCUT2D eigenvalue weighted by atomic mass is 16.5. The maximum atomic E-state index is 5.67. The number of hydrogen-bond acceptors (Lipinski definition) is 1. The fourth-order valence-electron chi connectivity index (χ4n) is 5.69. The lowest BCUT2D eigenvalue weighted by molar-refractivity contribution is -0.0531. The molecule has 0 heterocycles. The van der Waals surface area contributed by atoms with Gasteiger partial charge in [0.1, 0.15) is 5.75 Å². The van der Waals surface area contributed by atoms with Crippen LogP contribution in [0.1, 0.15) is 44.6 Å². The van der Waals surface area contributed by atoms with Crippen molar-refractivity contribution < 1.29 is 4.74 Å². The van der Waals surface area contributed by atoms with E-state index in [4.69, 9.17) is 4.74 Å². The van der Waals surface area contributed by atoms with Crippen LogP contribution >= 0.6 is 0 Å². The Labute approximate surface area is 116 Å². The van der Waals surface area contributed by atoms with Crippen molar-refractivity contribution in [1.29, 1.82) is 0 Å². The van der Waals surface area contributed by atoms with Gasteiger partial charge in [0.2, 0.25) is 0 Å². The van der Waals surface area contributed by atoms with E-state index in [0.29, 0.717) is 5.41 Å². The molecule has 0 amide bonds. The average molecular weight is 256 g/mol. The summed E-state index contributed by atoms with van der Waals surface area (Å²) < 4.78 is 5.67. The first-order chi connectivity index (χ1) is 9.21. The number of para-hydroxylation sites is 1. The molecule has 1 heteroatoms. The smallest absolute Gasteiger partial charge is 0.122 e. The van der Waals surface area contributed by atoms with Crippen molar-refractivity contribution in [2.24, 2.45) is 23.7 Å². The van der Waals surface area contributed by atoms with E-state index >= 15 is 0 Å². The van der Waals surface area contributed by atoms with Gasteiger partial charge in [0.05, 0.1) is 7.11 Å². The van der Waals surface area contributed by atoms with Gasteiger partial charge < -0.3 is 4.74 Å². The van der Waals surface area contributed by atoms with Gasteiger partial charge in [-0.05, 0) is 61.8 Å². The molecule has 0 unspecified atom stereocenters. The zero-order valence-electron chi connectivity index (χ0n) is 12.1. The number of methoxy groups -OCH3 is 1. The molecular formula is C18H24O. The van der Waals surface area contributed by atoms with Gasteiger partial charge in [0, 0.05) is 11.0 Å². The second-order valence-electron chi connectivity index (χ2n) is 7.29. The third-order valence-corrected chi connectivity index (χ3v) is 6.52. The molecule has 0 radical (unpaired) electrons. The van der Waals surface area contributed by atoms with Crippen molar-refractivity contribution in [3.8, 4) is 5.75 Å². The largest absolute Gasteiger partial charge is 0.496 e. The summed E-state index contributed by atoms with van der Waals surface area (Å²) in [5.41, 5.74) is 1.84. The summed E-state index contributed by atoms with van der Waals surface area (Å²) in [6, 6.07) is 8.75. The lowest BCUT2D eigenvalue weighted by Gasteiger charge is -2.60. The van der Waals surface area contributed by atoms with Crippen LogP contribution < -0.4 is 4.74 Å². The van der Waals surface area contributed by atoms with Gasteiger partial charge in [-0.15, -0.1) is 0 Å². The summed E-state index contributed by atoms with van der Waals surface area (Å²) in [7, 11) is 1.82. The van der Waals surface area contributed by atoms with E-state index in [1.165, 1.54) is 37.7 Å². The molecular weight excluding hydrogens is 232 g/mol. The van der Waals surface area contributed by atoms with E-state index in [-0.39, 0.29) is 0 Å². The van der Waals surface area contributed by atoms with Crippen LogP contribution in [0.15, 0.2) is 24.3 Å². The number of hydrogen-bond donors (Lipinski definition) is 0. The first-order valence-corrected chi connectivity index (χ1v) is 7.85. The highest BCUT2D eigenvalue weighted by molar-refractivity contribution is 5.41. The van der Waals surface area contributed by atoms with Crippen molar-refractivity contribution in [2.45, 2.75) is 44.4 Å². The maximum Gasteiger partial charge on any atom is 0.122 e. The number of ether oxygens (including phenoxy) is 1. The van der Waals surface area contributed by atoms with Crippen LogP contribution in [0.3, 0.4) is 0 Å². The minimum atomic E-state index is 0.361. The van der Waals surface area contributed by atoms with Gasteiger partial charge in [-0.2, -0.15) is 0 Å². The Morgan fingerprint density at radius 2 is 1.53 bits per heavy atom. The van der Waals surface area contributed by atoms with Crippen molar-refractivity contribution in [1.82, 2.24) is 0 Å². The van der Waals surface area contributed by atoms with Crippen molar-refractivity contribution in [2.75, 3.05) is 7.11 Å². The Balaban J connectivity index is 1.80. The molecule has 19 heavy (non-hydrogen) atoms. The van der Waals surface area contributed by atoms with Crippen LogP contribution in [0.25, 0.3) is 0 Å². The van der Waals surface area contributed by atoms with E-state index in [1.807, 2.05) is 7.11 Å². The van der Waals surface area contributed by atoms with E-state index < -0.39 is 0 Å². The van der Waals surface area contributed by atoms with Crippen LogP contribution in [0, 0.1) is 23.7 Å². The zero-order chi connectivity index (χ0) is 13.0. The van der Waals surface area contributed by atoms with Crippen LogP contribution in [0.4, 0.5) is 0 Å². The maximum absolute atomic E-state index is 5.67. The van der Waals surface area contributed by atoms with Gasteiger partial charge >= 0.3 is 0 Å². The van der Waals surface area contributed by atoms with Gasteiger partial charge in [-0.1, -0.05) is 25.1 Å². The Hall–Kier alpha value is -0.980. The van der Waals surface area contributed by atoms with Gasteiger partial charge in [-0.3, -0.25) is 0 Å². The molecule has 4 aliphatic rings. The van der Waals surface area contributed by atoms with Crippen molar-refractivity contribution in [3.05, 3.63) is 29.8 Å². The number of benzene rings is 1. The minimum Gasteiger partial charge on any atom is -0.496 e. The van der Waals surface area contributed by atoms with Crippen molar-refractivity contribution in [3.63, 3.8) is 0 Å². The van der Waals surface area contributed by atoms with Crippen LogP contribution in [0.5, 0.6) is 5.75 Å². The summed E-state index contributed by atoms with van der Waals surface area (Å²) >= 11 is 0.